The average Bonchev–Trinajstić information content (AvgIpc) is 2.80. The van der Waals surface area contributed by atoms with Crippen LogP contribution in [0.3, 0.4) is 0 Å². The van der Waals surface area contributed by atoms with Crippen LogP contribution in [0.15, 0.2) is 16.7 Å². The summed E-state index contributed by atoms with van der Waals surface area (Å²) >= 11 is 0. The number of carbonyl (C=O) groups is 3. The van der Waals surface area contributed by atoms with E-state index in [1.165, 1.54) is 18.0 Å². The molecule has 1 fully saturated rings. The van der Waals surface area contributed by atoms with Crippen LogP contribution in [0, 0.1) is 0 Å². The van der Waals surface area contributed by atoms with E-state index in [0.717, 1.165) is 11.2 Å². The van der Waals surface area contributed by atoms with E-state index in [-0.39, 0.29) is 30.3 Å². The fourth-order valence-electron chi connectivity index (χ4n) is 1.56. The first-order valence-electron chi connectivity index (χ1n) is 4.85. The summed E-state index contributed by atoms with van der Waals surface area (Å²) in [4.78, 5) is 35.9. The lowest BCUT2D eigenvalue weighted by Gasteiger charge is -2.11. The second kappa shape index (κ2) is 3.93. The van der Waals surface area contributed by atoms with Crippen molar-refractivity contribution in [1.82, 2.24) is 9.80 Å². The van der Waals surface area contributed by atoms with Crippen LogP contribution in [0.5, 0.6) is 0 Å². The predicted octanol–water partition coefficient (Wildman–Crippen LogP) is 0.372. The van der Waals surface area contributed by atoms with Crippen LogP contribution in [0.1, 0.15) is 16.1 Å². The number of amides is 3. The molecule has 1 aliphatic rings. The Morgan fingerprint density at radius 1 is 1.53 bits per heavy atom. The summed E-state index contributed by atoms with van der Waals surface area (Å²) in [7, 11) is 1.52. The van der Waals surface area contributed by atoms with Crippen molar-refractivity contribution >= 4 is 17.9 Å². The van der Waals surface area contributed by atoms with Crippen LogP contribution in [0.25, 0.3) is 0 Å². The molecule has 3 amide bonds. The van der Waals surface area contributed by atoms with Gasteiger partial charge in [-0.3, -0.25) is 9.69 Å². The molecule has 7 heteroatoms. The Kier molecular flexibility index (Phi) is 2.58. The number of nitrogens with zero attached hydrogens (tertiary/aromatic N) is 2. The van der Waals surface area contributed by atoms with Crippen molar-refractivity contribution in [3.8, 4) is 0 Å². The van der Waals surface area contributed by atoms with Gasteiger partial charge in [0.2, 0.25) is 0 Å². The molecule has 0 aromatic carbocycles. The topological polar surface area (TPSA) is 91.1 Å². The van der Waals surface area contributed by atoms with E-state index in [9.17, 15) is 14.4 Å². The van der Waals surface area contributed by atoms with E-state index in [4.69, 9.17) is 9.52 Å². The number of carboxylic acids is 1. The van der Waals surface area contributed by atoms with E-state index in [0.29, 0.717) is 0 Å². The third-order valence-corrected chi connectivity index (χ3v) is 2.45. The zero-order valence-electron chi connectivity index (χ0n) is 9.04. The number of aromatic carboxylic acids is 1. The lowest BCUT2D eigenvalue weighted by atomic mass is 10.3. The Labute approximate surface area is 96.2 Å². The number of imide groups is 1. The Morgan fingerprint density at radius 3 is 2.71 bits per heavy atom. The van der Waals surface area contributed by atoms with Crippen molar-refractivity contribution in [2.45, 2.75) is 6.54 Å². The maximum atomic E-state index is 11.5. The number of urea groups is 1. The summed E-state index contributed by atoms with van der Waals surface area (Å²) in [5, 5.41) is 8.69. The Bertz CT molecular complexity index is 493. The zero-order valence-corrected chi connectivity index (χ0v) is 9.04. The molecule has 7 nitrogen and oxygen atoms in total. The zero-order chi connectivity index (χ0) is 12.6. The van der Waals surface area contributed by atoms with Gasteiger partial charge in [-0.15, -0.1) is 0 Å². The first-order chi connectivity index (χ1) is 7.99. The molecule has 1 N–H and O–H groups in total. The first-order valence-corrected chi connectivity index (χ1v) is 4.85. The highest BCUT2D eigenvalue weighted by molar-refractivity contribution is 6.01. The third kappa shape index (κ3) is 1.99. The minimum Gasteiger partial charge on any atom is -0.478 e. The second-order valence-corrected chi connectivity index (χ2v) is 3.73. The van der Waals surface area contributed by atoms with Gasteiger partial charge in [0.1, 0.15) is 18.6 Å². The van der Waals surface area contributed by atoms with Crippen LogP contribution >= 0.6 is 0 Å². The van der Waals surface area contributed by atoms with E-state index in [2.05, 4.69) is 0 Å². The summed E-state index contributed by atoms with van der Waals surface area (Å²) in [6, 6.07) is 0.879. The molecule has 90 valence electrons. The van der Waals surface area contributed by atoms with Gasteiger partial charge in [-0.05, 0) is 6.07 Å². The molecule has 1 saturated heterocycles. The minimum atomic E-state index is -1.11. The monoisotopic (exact) mass is 238 g/mol. The molecule has 0 atom stereocenters. The maximum Gasteiger partial charge on any atom is 0.338 e. The van der Waals surface area contributed by atoms with Crippen molar-refractivity contribution in [1.29, 1.82) is 0 Å². The fraction of sp³-hybridized carbons (Fsp3) is 0.300. The summed E-state index contributed by atoms with van der Waals surface area (Å²) in [6.45, 7) is -0.0133. The minimum absolute atomic E-state index is 0.00699. The third-order valence-electron chi connectivity index (χ3n) is 2.45. The molecular weight excluding hydrogens is 228 g/mol. The molecule has 0 spiro atoms. The van der Waals surface area contributed by atoms with Gasteiger partial charge in [-0.25, -0.2) is 9.59 Å². The van der Waals surface area contributed by atoms with Crippen molar-refractivity contribution in [3.63, 3.8) is 0 Å². The average molecular weight is 238 g/mol. The molecule has 17 heavy (non-hydrogen) atoms. The normalized spacial score (nSPS) is 15.8. The number of rotatable bonds is 3. The molecule has 1 aromatic heterocycles. The lowest BCUT2D eigenvalue weighted by molar-refractivity contribution is -0.125. The van der Waals surface area contributed by atoms with Gasteiger partial charge in [0.05, 0.1) is 12.1 Å². The SMILES string of the molecule is CN1CC(=O)N(Cc2cc(C(=O)O)co2)C1=O. The van der Waals surface area contributed by atoms with E-state index < -0.39 is 12.0 Å². The number of carbonyl (C=O) groups excluding carboxylic acids is 2. The number of furan rings is 1. The second-order valence-electron chi connectivity index (χ2n) is 3.73. The van der Waals surface area contributed by atoms with E-state index in [1.54, 1.807) is 0 Å². The molecule has 0 radical (unpaired) electrons. The smallest absolute Gasteiger partial charge is 0.338 e. The predicted molar refractivity (Wildman–Crippen MR) is 54.2 cm³/mol. The summed E-state index contributed by atoms with van der Waals surface area (Å²) < 4.78 is 4.97. The van der Waals surface area contributed by atoms with Crippen LogP contribution in [-0.4, -0.2) is 46.4 Å². The molecule has 0 unspecified atom stereocenters. The summed E-state index contributed by atoms with van der Waals surface area (Å²) in [5.74, 6) is -1.18. The van der Waals surface area contributed by atoms with E-state index >= 15 is 0 Å². The van der Waals surface area contributed by atoms with Gasteiger partial charge in [-0.2, -0.15) is 0 Å². The largest absolute Gasteiger partial charge is 0.478 e. The number of carboxylic acid groups (broad SMARTS) is 1. The standard InChI is InChI=1S/C10H10N2O5/c1-11-4-8(13)12(10(11)16)3-7-2-6(5-17-7)9(14)15/h2,5H,3-4H2,1H3,(H,14,15). The highest BCUT2D eigenvalue weighted by Crippen LogP contribution is 2.15. The first kappa shape index (κ1) is 11.2. The molecule has 1 aromatic rings. The molecule has 2 heterocycles. The van der Waals surface area contributed by atoms with Crippen molar-refractivity contribution in [2.24, 2.45) is 0 Å². The molecule has 1 aliphatic heterocycles. The Balaban J connectivity index is 2.13. The summed E-state index contributed by atoms with van der Waals surface area (Å²) in [5.41, 5.74) is -0.00699. The van der Waals surface area contributed by atoms with Crippen molar-refractivity contribution in [2.75, 3.05) is 13.6 Å². The Hall–Kier alpha value is -2.31. The van der Waals surface area contributed by atoms with Crippen LogP contribution in [0.4, 0.5) is 4.79 Å². The summed E-state index contributed by atoms with van der Waals surface area (Å²) in [6.07, 6.45) is 1.08. The van der Waals surface area contributed by atoms with Gasteiger partial charge in [0.15, 0.2) is 0 Å². The molecular formula is C10H10N2O5. The van der Waals surface area contributed by atoms with E-state index in [1.807, 2.05) is 0 Å². The molecule has 0 aliphatic carbocycles. The highest BCUT2D eigenvalue weighted by Gasteiger charge is 2.34. The fourth-order valence-corrected chi connectivity index (χ4v) is 1.56. The quantitative estimate of drug-likeness (QED) is 0.768. The Morgan fingerprint density at radius 2 is 2.24 bits per heavy atom. The van der Waals surface area contributed by atoms with Crippen LogP contribution in [-0.2, 0) is 11.3 Å². The van der Waals surface area contributed by atoms with Crippen molar-refractivity contribution in [3.05, 3.63) is 23.7 Å². The lowest BCUT2D eigenvalue weighted by Crippen LogP contribution is -2.30. The molecule has 0 saturated carbocycles. The molecule has 2 rings (SSSR count). The van der Waals surface area contributed by atoms with Crippen LogP contribution < -0.4 is 0 Å². The maximum absolute atomic E-state index is 11.5. The van der Waals surface area contributed by atoms with Gasteiger partial charge < -0.3 is 14.4 Å². The number of hydrogen-bond acceptors (Lipinski definition) is 4. The highest BCUT2D eigenvalue weighted by atomic mass is 16.4. The number of likely N-dealkylation sites (N-methyl/N-ethyl adjacent to an activating group) is 1. The van der Waals surface area contributed by atoms with Gasteiger partial charge >= 0.3 is 12.0 Å². The molecule has 0 bridgehead atoms. The van der Waals surface area contributed by atoms with Gasteiger partial charge in [-0.1, -0.05) is 0 Å². The van der Waals surface area contributed by atoms with Crippen molar-refractivity contribution < 1.29 is 23.9 Å². The van der Waals surface area contributed by atoms with Gasteiger partial charge in [0.25, 0.3) is 5.91 Å². The van der Waals surface area contributed by atoms with Gasteiger partial charge in [0, 0.05) is 7.05 Å². The van der Waals surface area contributed by atoms with Crippen LogP contribution in [0.2, 0.25) is 0 Å². The number of hydrogen-bond donors (Lipinski definition) is 1.